The van der Waals surface area contributed by atoms with Gasteiger partial charge < -0.3 is 14.4 Å². The fourth-order valence-corrected chi connectivity index (χ4v) is 2.86. The molecule has 1 fully saturated rings. The van der Waals surface area contributed by atoms with Gasteiger partial charge in [0.1, 0.15) is 0 Å². The molecule has 20 heavy (non-hydrogen) atoms. The van der Waals surface area contributed by atoms with Gasteiger partial charge in [0.05, 0.1) is 0 Å². The lowest BCUT2D eigenvalue weighted by molar-refractivity contribution is -0.138. The number of hydrogen-bond donors (Lipinski definition) is 0. The third kappa shape index (κ3) is 2.35. The molecule has 1 unspecified atom stereocenters. The van der Waals surface area contributed by atoms with Gasteiger partial charge in [0.2, 0.25) is 12.7 Å². The van der Waals surface area contributed by atoms with E-state index < -0.39 is 0 Å². The van der Waals surface area contributed by atoms with Crippen molar-refractivity contribution in [3.63, 3.8) is 0 Å². The molecule has 0 aliphatic carbocycles. The van der Waals surface area contributed by atoms with Gasteiger partial charge in [0.25, 0.3) is 0 Å². The summed E-state index contributed by atoms with van der Waals surface area (Å²) in [6.07, 6.45) is 1.02. The molecule has 0 spiro atoms. The van der Waals surface area contributed by atoms with Gasteiger partial charge in [0.15, 0.2) is 11.5 Å². The highest BCUT2D eigenvalue weighted by Gasteiger charge is 2.33. The minimum Gasteiger partial charge on any atom is -0.454 e. The molecule has 0 N–H and O–H groups in total. The summed E-state index contributed by atoms with van der Waals surface area (Å²) in [5.74, 6) is 2.27. The molecule has 2 aliphatic rings. The molecular formula is C16H21NO3. The van der Waals surface area contributed by atoms with Crippen LogP contribution < -0.4 is 9.47 Å². The van der Waals surface area contributed by atoms with E-state index in [0.29, 0.717) is 12.7 Å². The van der Waals surface area contributed by atoms with Crippen LogP contribution in [0.15, 0.2) is 18.2 Å². The summed E-state index contributed by atoms with van der Waals surface area (Å²) in [6.45, 7) is 7.87. The first-order chi connectivity index (χ1) is 9.45. The zero-order valence-corrected chi connectivity index (χ0v) is 12.3. The minimum atomic E-state index is -0.302. The average molecular weight is 275 g/mol. The van der Waals surface area contributed by atoms with Gasteiger partial charge in [-0.25, -0.2) is 0 Å². The van der Waals surface area contributed by atoms with Crippen LogP contribution in [0.25, 0.3) is 0 Å². The summed E-state index contributed by atoms with van der Waals surface area (Å²) >= 11 is 0. The molecule has 1 amide bonds. The molecule has 4 heteroatoms. The molecule has 0 aromatic heterocycles. The highest BCUT2D eigenvalue weighted by atomic mass is 16.7. The molecule has 2 heterocycles. The van der Waals surface area contributed by atoms with Crippen molar-refractivity contribution in [2.24, 2.45) is 5.41 Å². The Balaban J connectivity index is 1.73. The van der Waals surface area contributed by atoms with Crippen LogP contribution >= 0.6 is 0 Å². The van der Waals surface area contributed by atoms with Crippen LogP contribution in [0, 0.1) is 5.41 Å². The van der Waals surface area contributed by atoms with Gasteiger partial charge in [-0.3, -0.25) is 4.79 Å². The van der Waals surface area contributed by atoms with E-state index in [1.807, 2.05) is 31.7 Å². The number of carbonyl (C=O) groups is 1. The summed E-state index contributed by atoms with van der Waals surface area (Å²) in [5.41, 5.74) is 0.933. The van der Waals surface area contributed by atoms with E-state index in [4.69, 9.17) is 9.47 Å². The highest BCUT2D eigenvalue weighted by Crippen LogP contribution is 2.37. The number of hydrogen-bond acceptors (Lipinski definition) is 3. The second kappa shape index (κ2) is 4.69. The Morgan fingerprint density at radius 2 is 2.00 bits per heavy atom. The molecule has 0 saturated carbocycles. The Bertz CT molecular complexity index is 533. The first kappa shape index (κ1) is 13.3. The van der Waals surface area contributed by atoms with Crippen LogP contribution in [0.4, 0.5) is 0 Å². The first-order valence-corrected chi connectivity index (χ1v) is 7.14. The van der Waals surface area contributed by atoms with Crippen molar-refractivity contribution in [1.29, 1.82) is 0 Å². The largest absolute Gasteiger partial charge is 0.454 e. The summed E-state index contributed by atoms with van der Waals surface area (Å²) in [7, 11) is 0. The van der Waals surface area contributed by atoms with Crippen LogP contribution in [0.1, 0.15) is 38.7 Å². The van der Waals surface area contributed by atoms with Crippen molar-refractivity contribution < 1.29 is 14.3 Å². The number of likely N-dealkylation sites (tertiary alicyclic amines) is 1. The van der Waals surface area contributed by atoms with Gasteiger partial charge >= 0.3 is 0 Å². The Labute approximate surface area is 119 Å². The Kier molecular flexibility index (Phi) is 3.11. The van der Waals surface area contributed by atoms with Gasteiger partial charge in [-0.15, -0.1) is 0 Å². The minimum absolute atomic E-state index is 0.237. The van der Waals surface area contributed by atoms with E-state index in [-0.39, 0.29) is 11.3 Å². The van der Waals surface area contributed by atoms with Crippen LogP contribution in [0.5, 0.6) is 11.5 Å². The van der Waals surface area contributed by atoms with E-state index in [9.17, 15) is 4.79 Å². The maximum Gasteiger partial charge on any atom is 0.231 e. The second-order valence-electron chi connectivity index (χ2n) is 6.60. The molecule has 1 aromatic rings. The van der Waals surface area contributed by atoms with Crippen molar-refractivity contribution in [3.05, 3.63) is 23.8 Å². The number of carbonyl (C=O) groups excluding carboxylic acids is 1. The van der Waals surface area contributed by atoms with Crippen LogP contribution in [-0.4, -0.2) is 30.7 Å². The van der Waals surface area contributed by atoms with Crippen LogP contribution in [0.2, 0.25) is 0 Å². The topological polar surface area (TPSA) is 38.8 Å². The molecular weight excluding hydrogens is 254 g/mol. The van der Waals surface area contributed by atoms with Crippen molar-refractivity contribution in [2.75, 3.05) is 19.9 Å². The van der Waals surface area contributed by atoms with Crippen LogP contribution in [0.3, 0.4) is 0 Å². The van der Waals surface area contributed by atoms with E-state index >= 15 is 0 Å². The molecule has 108 valence electrons. The van der Waals surface area contributed by atoms with E-state index in [1.165, 1.54) is 5.56 Å². The normalized spacial score (nSPS) is 21.4. The number of nitrogens with zero attached hydrogens (tertiary/aromatic N) is 1. The molecule has 0 bridgehead atoms. The SMILES string of the molecule is CC(C)(C)C(=O)N1CCC(c2ccc3c(c2)OCO3)C1. The Morgan fingerprint density at radius 3 is 2.75 bits per heavy atom. The molecule has 1 saturated heterocycles. The van der Waals surface area contributed by atoms with Crippen LogP contribution in [-0.2, 0) is 4.79 Å². The molecule has 2 aliphatic heterocycles. The summed E-state index contributed by atoms with van der Waals surface area (Å²) in [6, 6.07) is 6.10. The lowest BCUT2D eigenvalue weighted by Gasteiger charge is -2.25. The zero-order valence-electron chi connectivity index (χ0n) is 12.3. The van der Waals surface area contributed by atoms with E-state index in [2.05, 4.69) is 12.1 Å². The third-order valence-corrected chi connectivity index (χ3v) is 3.99. The van der Waals surface area contributed by atoms with Gasteiger partial charge in [-0.1, -0.05) is 26.8 Å². The van der Waals surface area contributed by atoms with Gasteiger partial charge in [-0.2, -0.15) is 0 Å². The third-order valence-electron chi connectivity index (χ3n) is 3.99. The maximum absolute atomic E-state index is 12.3. The van der Waals surface area contributed by atoms with Crippen molar-refractivity contribution in [3.8, 4) is 11.5 Å². The molecule has 0 radical (unpaired) electrons. The monoisotopic (exact) mass is 275 g/mol. The predicted octanol–water partition coefficient (Wildman–Crippen LogP) is 2.78. The lowest BCUT2D eigenvalue weighted by atomic mass is 9.94. The van der Waals surface area contributed by atoms with Gasteiger partial charge in [0, 0.05) is 24.4 Å². The fraction of sp³-hybridized carbons (Fsp3) is 0.562. The first-order valence-electron chi connectivity index (χ1n) is 7.14. The summed E-state index contributed by atoms with van der Waals surface area (Å²) < 4.78 is 10.8. The maximum atomic E-state index is 12.3. The predicted molar refractivity (Wildman–Crippen MR) is 76.0 cm³/mol. The van der Waals surface area contributed by atoms with Gasteiger partial charge in [-0.05, 0) is 24.1 Å². The number of benzene rings is 1. The van der Waals surface area contributed by atoms with E-state index in [1.54, 1.807) is 0 Å². The number of fused-ring (bicyclic) bond motifs is 1. The lowest BCUT2D eigenvalue weighted by Crippen LogP contribution is -2.37. The molecule has 1 atom stereocenters. The number of amides is 1. The quantitative estimate of drug-likeness (QED) is 0.791. The molecule has 4 nitrogen and oxygen atoms in total. The van der Waals surface area contributed by atoms with Crippen molar-refractivity contribution in [2.45, 2.75) is 33.1 Å². The summed E-state index contributed by atoms with van der Waals surface area (Å²) in [4.78, 5) is 14.3. The van der Waals surface area contributed by atoms with Crippen molar-refractivity contribution in [1.82, 2.24) is 4.90 Å². The number of ether oxygens (including phenoxy) is 2. The standard InChI is InChI=1S/C16H21NO3/c1-16(2,3)15(18)17-7-6-12(9-17)11-4-5-13-14(8-11)20-10-19-13/h4-5,8,12H,6-7,9-10H2,1-3H3. The highest BCUT2D eigenvalue weighted by molar-refractivity contribution is 5.81. The Hall–Kier alpha value is -1.71. The van der Waals surface area contributed by atoms with E-state index in [0.717, 1.165) is 31.0 Å². The Morgan fingerprint density at radius 1 is 1.25 bits per heavy atom. The second-order valence-corrected chi connectivity index (χ2v) is 6.60. The number of rotatable bonds is 1. The smallest absolute Gasteiger partial charge is 0.231 e. The summed E-state index contributed by atoms with van der Waals surface area (Å²) in [5, 5.41) is 0. The zero-order chi connectivity index (χ0) is 14.3. The molecule has 3 rings (SSSR count). The average Bonchev–Trinajstić information content (AvgIpc) is 3.04. The van der Waals surface area contributed by atoms with Crippen molar-refractivity contribution >= 4 is 5.91 Å². The fourth-order valence-electron chi connectivity index (χ4n) is 2.86. The molecule has 1 aromatic carbocycles.